The number of rotatable bonds is 4. The van der Waals surface area contributed by atoms with Crippen LogP contribution in [0.1, 0.15) is 46.0 Å². The summed E-state index contributed by atoms with van der Waals surface area (Å²) in [5.74, 6) is 1.88. The largest absolute Gasteiger partial charge is 0.370 e. The van der Waals surface area contributed by atoms with E-state index in [2.05, 4.69) is 44.8 Å². The van der Waals surface area contributed by atoms with Gasteiger partial charge in [0.15, 0.2) is 5.82 Å². The van der Waals surface area contributed by atoms with E-state index in [1.807, 2.05) is 6.20 Å². The van der Waals surface area contributed by atoms with Gasteiger partial charge in [0.25, 0.3) is 0 Å². The van der Waals surface area contributed by atoms with Crippen molar-refractivity contribution < 1.29 is 4.79 Å². The summed E-state index contributed by atoms with van der Waals surface area (Å²) in [4.78, 5) is 19.3. The third kappa shape index (κ3) is 3.51. The van der Waals surface area contributed by atoms with Crippen molar-refractivity contribution in [3.05, 3.63) is 12.3 Å². The number of hydrogen-bond acceptors (Lipinski definition) is 5. The van der Waals surface area contributed by atoms with Gasteiger partial charge in [-0.05, 0) is 31.6 Å². The molecule has 6 nitrogen and oxygen atoms in total. The average molecular weight is 358 g/mol. The maximum atomic E-state index is 12.4. The number of amides is 1. The normalized spacial score (nSPS) is 22.9. The Bertz CT molecular complexity index is 647. The molecular weight excluding hydrogens is 326 g/mol. The van der Waals surface area contributed by atoms with E-state index in [0.29, 0.717) is 11.8 Å². The first-order valence-electron chi connectivity index (χ1n) is 10.2. The van der Waals surface area contributed by atoms with Gasteiger partial charge in [-0.1, -0.05) is 13.8 Å². The van der Waals surface area contributed by atoms with E-state index in [-0.39, 0.29) is 5.41 Å². The highest BCUT2D eigenvalue weighted by Gasteiger charge is 2.45. The second kappa shape index (κ2) is 7.05. The van der Waals surface area contributed by atoms with E-state index in [1.54, 1.807) is 0 Å². The van der Waals surface area contributed by atoms with Crippen LogP contribution in [0.4, 0.5) is 11.5 Å². The number of piperidine rings is 1. The van der Waals surface area contributed by atoms with Crippen LogP contribution in [0.2, 0.25) is 0 Å². The lowest BCUT2D eigenvalue weighted by Gasteiger charge is -2.39. The van der Waals surface area contributed by atoms with Crippen LogP contribution in [0.15, 0.2) is 12.3 Å². The first-order valence-corrected chi connectivity index (χ1v) is 10.2. The summed E-state index contributed by atoms with van der Waals surface area (Å²) in [6.45, 7) is 10.4. The number of aromatic nitrogens is 2. The summed E-state index contributed by atoms with van der Waals surface area (Å²) in [6.07, 6.45) is 7.30. The summed E-state index contributed by atoms with van der Waals surface area (Å²) in [7, 11) is 0. The van der Waals surface area contributed by atoms with E-state index in [9.17, 15) is 4.79 Å². The average Bonchev–Trinajstić information content (AvgIpc) is 3.25. The molecule has 4 rings (SSSR count). The van der Waals surface area contributed by atoms with Gasteiger partial charge in [-0.2, -0.15) is 5.10 Å². The minimum atomic E-state index is 0.183. The Morgan fingerprint density at radius 3 is 2.54 bits per heavy atom. The summed E-state index contributed by atoms with van der Waals surface area (Å²) >= 11 is 0. The molecule has 0 N–H and O–H groups in total. The van der Waals surface area contributed by atoms with Crippen LogP contribution in [0, 0.1) is 11.3 Å². The predicted octanol–water partition coefficient (Wildman–Crippen LogP) is 2.55. The second-order valence-corrected chi connectivity index (χ2v) is 8.80. The van der Waals surface area contributed by atoms with E-state index in [1.165, 1.54) is 18.5 Å². The molecule has 3 aliphatic heterocycles. The first-order chi connectivity index (χ1) is 12.5. The number of nitrogens with zero attached hydrogens (tertiary/aromatic N) is 5. The topological polar surface area (TPSA) is 52.6 Å². The Hall–Kier alpha value is -1.85. The number of likely N-dealkylation sites (tertiary alicyclic amines) is 1. The Labute approximate surface area is 156 Å². The molecule has 26 heavy (non-hydrogen) atoms. The fourth-order valence-corrected chi connectivity index (χ4v) is 4.78. The third-order valence-electron chi connectivity index (χ3n) is 6.24. The van der Waals surface area contributed by atoms with Gasteiger partial charge in [0.05, 0.1) is 11.9 Å². The lowest BCUT2D eigenvalue weighted by molar-refractivity contribution is -0.128. The van der Waals surface area contributed by atoms with Gasteiger partial charge in [0.2, 0.25) is 5.91 Å². The zero-order valence-electron chi connectivity index (χ0n) is 16.2. The molecule has 0 aromatic carbocycles. The number of carbonyl (C=O) groups excluding carboxylic acids is 1. The molecule has 3 saturated heterocycles. The van der Waals surface area contributed by atoms with Crippen molar-refractivity contribution in [3.8, 4) is 0 Å². The second-order valence-electron chi connectivity index (χ2n) is 8.80. The minimum absolute atomic E-state index is 0.183. The van der Waals surface area contributed by atoms with Crippen LogP contribution in [-0.2, 0) is 4.79 Å². The van der Waals surface area contributed by atoms with Gasteiger partial charge in [0.1, 0.15) is 0 Å². The summed E-state index contributed by atoms with van der Waals surface area (Å²) in [6, 6.07) is 2.20. The van der Waals surface area contributed by atoms with Gasteiger partial charge in [0, 0.05) is 57.2 Å². The van der Waals surface area contributed by atoms with Crippen LogP contribution in [0.5, 0.6) is 0 Å². The van der Waals surface area contributed by atoms with Crippen LogP contribution >= 0.6 is 0 Å². The van der Waals surface area contributed by atoms with Gasteiger partial charge in [-0.15, -0.1) is 5.10 Å². The first kappa shape index (κ1) is 17.6. The lowest BCUT2D eigenvalue weighted by Crippen LogP contribution is -2.42. The molecule has 6 heteroatoms. The zero-order chi connectivity index (χ0) is 18.1. The molecule has 1 aromatic heterocycles. The fraction of sp³-hybridized carbons (Fsp3) is 0.750. The van der Waals surface area contributed by atoms with E-state index < -0.39 is 0 Å². The van der Waals surface area contributed by atoms with E-state index in [4.69, 9.17) is 0 Å². The molecule has 0 aliphatic carbocycles. The van der Waals surface area contributed by atoms with Gasteiger partial charge in [-0.3, -0.25) is 4.79 Å². The van der Waals surface area contributed by atoms with E-state index >= 15 is 0 Å². The summed E-state index contributed by atoms with van der Waals surface area (Å²) < 4.78 is 0. The van der Waals surface area contributed by atoms with Crippen LogP contribution in [-0.4, -0.2) is 60.3 Å². The maximum absolute atomic E-state index is 12.4. The van der Waals surface area contributed by atoms with Crippen molar-refractivity contribution in [2.75, 3.05) is 49.1 Å². The molecule has 1 amide bonds. The highest BCUT2D eigenvalue weighted by atomic mass is 16.2. The van der Waals surface area contributed by atoms with Crippen molar-refractivity contribution in [3.63, 3.8) is 0 Å². The molecule has 0 bridgehead atoms. The number of carbonyl (C=O) groups is 1. The van der Waals surface area contributed by atoms with Gasteiger partial charge in [-0.25, -0.2) is 0 Å². The highest BCUT2D eigenvalue weighted by Crippen LogP contribution is 2.42. The molecule has 3 fully saturated rings. The van der Waals surface area contributed by atoms with Gasteiger partial charge >= 0.3 is 0 Å². The summed E-state index contributed by atoms with van der Waals surface area (Å²) in [5.41, 5.74) is 1.38. The minimum Gasteiger partial charge on any atom is -0.370 e. The Kier molecular flexibility index (Phi) is 4.76. The fourth-order valence-electron chi connectivity index (χ4n) is 4.78. The van der Waals surface area contributed by atoms with Crippen molar-refractivity contribution in [1.82, 2.24) is 15.1 Å². The lowest BCUT2D eigenvalue weighted by atomic mass is 9.77. The van der Waals surface area contributed by atoms with Crippen molar-refractivity contribution >= 4 is 17.4 Å². The molecule has 0 radical (unpaired) electrons. The van der Waals surface area contributed by atoms with Crippen molar-refractivity contribution in [2.24, 2.45) is 11.3 Å². The molecule has 4 heterocycles. The Morgan fingerprint density at radius 1 is 1.12 bits per heavy atom. The molecule has 3 aliphatic rings. The Balaban J connectivity index is 1.39. The number of anilines is 2. The summed E-state index contributed by atoms with van der Waals surface area (Å²) in [5, 5.41) is 8.65. The van der Waals surface area contributed by atoms with Gasteiger partial charge < -0.3 is 14.7 Å². The number of hydrogen-bond donors (Lipinski definition) is 0. The maximum Gasteiger partial charge on any atom is 0.223 e. The zero-order valence-corrected chi connectivity index (χ0v) is 16.2. The molecule has 0 saturated carbocycles. The molecular formula is C20H31N5O. The quantitative estimate of drug-likeness (QED) is 0.829. The van der Waals surface area contributed by atoms with E-state index in [0.717, 1.165) is 64.3 Å². The van der Waals surface area contributed by atoms with Crippen molar-refractivity contribution in [2.45, 2.75) is 46.0 Å². The standard InChI is InChI=1S/C20H31N5O/c1-16(2)14-25-15-20(12-19(25)26)5-9-24(10-6-20)18-11-17(13-21-22-18)23-7-3-4-8-23/h11,13,16H,3-10,12,14-15H2,1-2H3. The smallest absolute Gasteiger partial charge is 0.223 e. The van der Waals surface area contributed by atoms with Crippen LogP contribution < -0.4 is 9.80 Å². The molecule has 1 spiro atoms. The molecule has 0 atom stereocenters. The molecule has 1 aromatic rings. The predicted molar refractivity (Wildman–Crippen MR) is 103 cm³/mol. The highest BCUT2D eigenvalue weighted by molar-refractivity contribution is 5.79. The third-order valence-corrected chi connectivity index (χ3v) is 6.24. The Morgan fingerprint density at radius 2 is 1.85 bits per heavy atom. The van der Waals surface area contributed by atoms with Crippen LogP contribution in [0.25, 0.3) is 0 Å². The monoisotopic (exact) mass is 357 g/mol. The van der Waals surface area contributed by atoms with Crippen molar-refractivity contribution in [1.29, 1.82) is 0 Å². The molecule has 0 unspecified atom stereocenters. The molecule has 142 valence electrons. The SMILES string of the molecule is CC(C)CN1CC2(CCN(c3cc(N4CCCC4)cnn3)CC2)CC1=O. The van der Waals surface area contributed by atoms with Crippen LogP contribution in [0.3, 0.4) is 0 Å².